The molecule has 5 rings (SSSR count). The van der Waals surface area contributed by atoms with E-state index in [1.807, 2.05) is 13.0 Å². The molecule has 0 spiro atoms. The number of ether oxygens (including phenoxy) is 1. The Morgan fingerprint density at radius 1 is 1.12 bits per heavy atom. The number of carbonyl (C=O) groups excluding carboxylic acids is 1. The molecule has 6 nitrogen and oxygen atoms in total. The van der Waals surface area contributed by atoms with Crippen LogP contribution in [0.4, 0.5) is 4.39 Å². The van der Waals surface area contributed by atoms with E-state index in [1.54, 1.807) is 36.4 Å². The molecular formula is C26H19BrFNO5. The molecule has 0 radical (unpaired) electrons. The monoisotopic (exact) mass is 523 g/mol. The summed E-state index contributed by atoms with van der Waals surface area (Å²) in [6.07, 6.45) is 0. The maximum Gasteiger partial charge on any atom is 0.291 e. The average Bonchev–Trinajstić information content (AvgIpc) is 3.09. The third-order valence-electron chi connectivity index (χ3n) is 5.97. The molecule has 1 atom stereocenters. The van der Waals surface area contributed by atoms with Crippen LogP contribution in [0.15, 0.2) is 68.3 Å². The molecule has 2 heterocycles. The SMILES string of the molecule is COc1cc([C@H]2c3c(oc4ccc(C)cc4c3=O)C(=O)N2Cc2ccc(F)cc2)cc(Br)c1O. The van der Waals surface area contributed by atoms with Crippen LogP contribution in [0.25, 0.3) is 11.0 Å². The number of benzene rings is 3. The zero-order valence-corrected chi connectivity index (χ0v) is 19.8. The number of phenols is 1. The molecule has 1 amide bonds. The number of phenolic OH excluding ortho intramolecular Hbond substituents is 1. The van der Waals surface area contributed by atoms with Crippen molar-refractivity contribution >= 4 is 32.8 Å². The van der Waals surface area contributed by atoms with E-state index in [4.69, 9.17) is 9.15 Å². The highest BCUT2D eigenvalue weighted by Crippen LogP contribution is 2.44. The molecule has 0 aliphatic carbocycles. The molecule has 34 heavy (non-hydrogen) atoms. The zero-order valence-electron chi connectivity index (χ0n) is 18.3. The summed E-state index contributed by atoms with van der Waals surface area (Å²) in [5.41, 5.74) is 2.36. The van der Waals surface area contributed by atoms with E-state index in [-0.39, 0.29) is 40.6 Å². The van der Waals surface area contributed by atoms with Gasteiger partial charge in [-0.2, -0.15) is 0 Å². The van der Waals surface area contributed by atoms with Gasteiger partial charge in [0.1, 0.15) is 11.4 Å². The first-order valence-electron chi connectivity index (χ1n) is 10.5. The molecule has 0 saturated heterocycles. The molecule has 1 aliphatic rings. The van der Waals surface area contributed by atoms with E-state index >= 15 is 0 Å². The highest BCUT2D eigenvalue weighted by Gasteiger charge is 2.43. The minimum absolute atomic E-state index is 0.0309. The topological polar surface area (TPSA) is 80.0 Å². The predicted molar refractivity (Wildman–Crippen MR) is 128 cm³/mol. The first-order valence-corrected chi connectivity index (χ1v) is 11.3. The summed E-state index contributed by atoms with van der Waals surface area (Å²) in [4.78, 5) is 28.7. The van der Waals surface area contributed by atoms with Crippen molar-refractivity contribution in [3.8, 4) is 11.5 Å². The van der Waals surface area contributed by atoms with E-state index in [1.165, 1.54) is 24.1 Å². The van der Waals surface area contributed by atoms with Crippen LogP contribution < -0.4 is 10.2 Å². The summed E-state index contributed by atoms with van der Waals surface area (Å²) in [6, 6.07) is 13.5. The van der Waals surface area contributed by atoms with Crippen molar-refractivity contribution < 1.29 is 23.4 Å². The van der Waals surface area contributed by atoms with Crippen LogP contribution in [-0.4, -0.2) is 23.0 Å². The Balaban J connectivity index is 1.76. The van der Waals surface area contributed by atoms with Crippen LogP contribution in [0, 0.1) is 12.7 Å². The quantitative estimate of drug-likeness (QED) is 0.384. The molecule has 3 aromatic carbocycles. The van der Waals surface area contributed by atoms with Gasteiger partial charge in [0.2, 0.25) is 5.76 Å². The van der Waals surface area contributed by atoms with Gasteiger partial charge in [-0.1, -0.05) is 23.8 Å². The zero-order chi connectivity index (χ0) is 24.1. The highest BCUT2D eigenvalue weighted by atomic mass is 79.9. The van der Waals surface area contributed by atoms with Gasteiger partial charge in [-0.3, -0.25) is 9.59 Å². The van der Waals surface area contributed by atoms with Crippen molar-refractivity contribution in [2.75, 3.05) is 7.11 Å². The summed E-state index contributed by atoms with van der Waals surface area (Å²) < 4.78 is 25.1. The Hall–Kier alpha value is -3.65. The minimum atomic E-state index is -0.806. The number of rotatable bonds is 4. The molecule has 172 valence electrons. The first kappa shape index (κ1) is 22.2. The van der Waals surface area contributed by atoms with Gasteiger partial charge in [-0.15, -0.1) is 0 Å². The van der Waals surface area contributed by atoms with E-state index < -0.39 is 11.9 Å². The summed E-state index contributed by atoms with van der Waals surface area (Å²) in [5.74, 6) is -0.777. The molecular weight excluding hydrogens is 505 g/mol. The van der Waals surface area contributed by atoms with Crippen molar-refractivity contribution in [2.24, 2.45) is 0 Å². The average molecular weight is 524 g/mol. The van der Waals surface area contributed by atoms with E-state index in [2.05, 4.69) is 15.9 Å². The van der Waals surface area contributed by atoms with Crippen LogP contribution in [0.2, 0.25) is 0 Å². The number of hydrogen-bond donors (Lipinski definition) is 1. The minimum Gasteiger partial charge on any atom is -0.503 e. The summed E-state index contributed by atoms with van der Waals surface area (Å²) in [6.45, 7) is 1.99. The van der Waals surface area contributed by atoms with E-state index in [9.17, 15) is 19.1 Å². The summed E-state index contributed by atoms with van der Waals surface area (Å²) in [7, 11) is 1.42. The van der Waals surface area contributed by atoms with Crippen LogP contribution in [-0.2, 0) is 6.54 Å². The lowest BCUT2D eigenvalue weighted by atomic mass is 9.97. The number of aryl methyl sites for hydroxylation is 1. The van der Waals surface area contributed by atoms with Crippen LogP contribution in [0.5, 0.6) is 11.5 Å². The number of carbonyl (C=O) groups is 1. The molecule has 0 unspecified atom stereocenters. The molecule has 0 fully saturated rings. The van der Waals surface area contributed by atoms with Gasteiger partial charge in [0.05, 0.1) is 28.6 Å². The van der Waals surface area contributed by atoms with Gasteiger partial charge in [-0.25, -0.2) is 4.39 Å². The van der Waals surface area contributed by atoms with Gasteiger partial charge in [0, 0.05) is 6.54 Å². The molecule has 8 heteroatoms. The van der Waals surface area contributed by atoms with Gasteiger partial charge in [0.15, 0.2) is 16.9 Å². The maximum absolute atomic E-state index is 13.7. The summed E-state index contributed by atoms with van der Waals surface area (Å²) in [5, 5.41) is 10.7. The maximum atomic E-state index is 13.7. The predicted octanol–water partition coefficient (Wildman–Crippen LogP) is 5.46. The lowest BCUT2D eigenvalue weighted by Gasteiger charge is -2.26. The van der Waals surface area contributed by atoms with Crippen molar-refractivity contribution in [3.05, 3.63) is 103 Å². The number of amides is 1. The molecule has 4 aromatic rings. The molecule has 0 saturated carbocycles. The van der Waals surface area contributed by atoms with Crippen LogP contribution in [0.1, 0.15) is 38.9 Å². The lowest BCUT2D eigenvalue weighted by molar-refractivity contribution is 0.0714. The van der Waals surface area contributed by atoms with Crippen LogP contribution >= 0.6 is 15.9 Å². The Labute approximate surface area is 202 Å². The number of hydrogen-bond acceptors (Lipinski definition) is 5. The number of nitrogens with zero attached hydrogens (tertiary/aromatic N) is 1. The van der Waals surface area contributed by atoms with Gasteiger partial charge >= 0.3 is 0 Å². The second kappa shape index (κ2) is 8.29. The Morgan fingerprint density at radius 3 is 2.56 bits per heavy atom. The lowest BCUT2D eigenvalue weighted by Crippen LogP contribution is -2.29. The normalized spacial score (nSPS) is 15.1. The third kappa shape index (κ3) is 3.54. The van der Waals surface area contributed by atoms with Crippen LogP contribution in [0.3, 0.4) is 0 Å². The Morgan fingerprint density at radius 2 is 1.85 bits per heavy atom. The first-order chi connectivity index (χ1) is 16.3. The van der Waals surface area contributed by atoms with Crippen molar-refractivity contribution in [1.82, 2.24) is 4.90 Å². The summed E-state index contributed by atoms with van der Waals surface area (Å²) >= 11 is 3.33. The van der Waals surface area contributed by atoms with Gasteiger partial charge < -0.3 is 19.2 Å². The number of methoxy groups -OCH3 is 1. The number of halogens is 2. The second-order valence-electron chi connectivity index (χ2n) is 8.19. The van der Waals surface area contributed by atoms with Crippen molar-refractivity contribution in [1.29, 1.82) is 0 Å². The van der Waals surface area contributed by atoms with Gasteiger partial charge in [-0.05, 0) is 70.4 Å². The largest absolute Gasteiger partial charge is 0.503 e. The Bertz CT molecular complexity index is 1510. The third-order valence-corrected chi connectivity index (χ3v) is 6.58. The fourth-order valence-electron chi connectivity index (χ4n) is 4.34. The van der Waals surface area contributed by atoms with E-state index in [0.29, 0.717) is 26.6 Å². The molecule has 1 aromatic heterocycles. The highest BCUT2D eigenvalue weighted by molar-refractivity contribution is 9.10. The van der Waals surface area contributed by atoms with Crippen molar-refractivity contribution in [3.63, 3.8) is 0 Å². The standard InChI is InChI=1S/C26H19BrFNO5/c1-13-3-8-19-17(9-13)23(30)21-22(15-10-18(27)24(31)20(11-15)33-2)29(26(32)25(21)34-19)12-14-4-6-16(28)7-5-14/h3-11,22,31H,12H2,1-2H3/t22-/m0/s1. The number of aromatic hydroxyl groups is 1. The number of fused-ring (bicyclic) bond motifs is 2. The fraction of sp³-hybridized carbons (Fsp3) is 0.154. The fourth-order valence-corrected chi connectivity index (χ4v) is 4.80. The smallest absolute Gasteiger partial charge is 0.291 e. The molecule has 1 N–H and O–H groups in total. The molecule has 0 bridgehead atoms. The Kier molecular flexibility index (Phi) is 5.40. The van der Waals surface area contributed by atoms with E-state index in [0.717, 1.165) is 5.56 Å². The van der Waals surface area contributed by atoms with Gasteiger partial charge in [0.25, 0.3) is 5.91 Å². The second-order valence-corrected chi connectivity index (χ2v) is 9.04. The van der Waals surface area contributed by atoms with Crippen molar-refractivity contribution in [2.45, 2.75) is 19.5 Å². The molecule has 1 aliphatic heterocycles.